The number of aromatic nitrogens is 2. The third kappa shape index (κ3) is 4.04. The molecule has 0 spiro atoms. The summed E-state index contributed by atoms with van der Waals surface area (Å²) in [5.41, 5.74) is 1.13. The maximum Gasteiger partial charge on any atom is 0.256 e. The minimum atomic E-state index is -1.08. The highest BCUT2D eigenvalue weighted by molar-refractivity contribution is 5.99. The van der Waals surface area contributed by atoms with Crippen molar-refractivity contribution in [2.75, 3.05) is 32.1 Å². The van der Waals surface area contributed by atoms with Crippen LogP contribution < -0.4 is 14.4 Å². The molecule has 8 heteroatoms. The fraction of sp³-hybridized carbons (Fsp3) is 0.522. The van der Waals surface area contributed by atoms with Gasteiger partial charge in [0.05, 0.1) is 30.2 Å². The van der Waals surface area contributed by atoms with Crippen LogP contribution in [0.5, 0.6) is 11.6 Å². The second-order valence-electron chi connectivity index (χ2n) is 8.87. The number of carbonyl (C=O) groups is 1. The summed E-state index contributed by atoms with van der Waals surface area (Å²) in [6.45, 7) is 7.03. The number of pyridine rings is 2. The molecule has 2 aromatic rings. The molecule has 0 aromatic carbocycles. The summed E-state index contributed by atoms with van der Waals surface area (Å²) in [5, 5.41) is 10.7. The summed E-state index contributed by atoms with van der Waals surface area (Å²) in [6.07, 6.45) is 3.51. The molecule has 4 rings (SSSR count). The van der Waals surface area contributed by atoms with Crippen LogP contribution in [0, 0.1) is 6.92 Å². The van der Waals surface area contributed by atoms with Gasteiger partial charge < -0.3 is 24.4 Å². The fourth-order valence-electron chi connectivity index (χ4n) is 4.55. The number of hydrogen-bond acceptors (Lipinski definition) is 7. The van der Waals surface area contributed by atoms with Crippen molar-refractivity contribution in [2.45, 2.75) is 51.4 Å². The number of piperidine rings is 1. The minimum absolute atomic E-state index is 0.0931. The van der Waals surface area contributed by atoms with E-state index in [1.165, 1.54) is 0 Å². The summed E-state index contributed by atoms with van der Waals surface area (Å²) < 4.78 is 11.2. The highest BCUT2D eigenvalue weighted by Crippen LogP contribution is 2.40. The Bertz CT molecular complexity index is 963. The number of aliphatic hydroxyl groups is 1. The number of hydrogen-bond donors (Lipinski definition) is 1. The highest BCUT2D eigenvalue weighted by atomic mass is 16.5. The smallest absolute Gasteiger partial charge is 0.256 e. The molecule has 8 nitrogen and oxygen atoms in total. The zero-order chi connectivity index (χ0) is 22.3. The third-order valence-electron chi connectivity index (χ3n) is 6.04. The molecular weight excluding hydrogens is 396 g/mol. The molecule has 1 saturated heterocycles. The van der Waals surface area contributed by atoms with Gasteiger partial charge >= 0.3 is 0 Å². The van der Waals surface area contributed by atoms with E-state index in [2.05, 4.69) is 9.88 Å². The number of nitrogens with zero attached hydrogens (tertiary/aromatic N) is 4. The van der Waals surface area contributed by atoms with Gasteiger partial charge in [-0.2, -0.15) is 0 Å². The van der Waals surface area contributed by atoms with Gasteiger partial charge in [-0.15, -0.1) is 0 Å². The first-order valence-corrected chi connectivity index (χ1v) is 10.6. The van der Waals surface area contributed by atoms with Crippen LogP contribution >= 0.6 is 0 Å². The van der Waals surface area contributed by atoms with Crippen molar-refractivity contribution in [1.82, 2.24) is 14.9 Å². The Balaban J connectivity index is 1.49. The minimum Gasteiger partial charge on any atom is -0.489 e. The van der Waals surface area contributed by atoms with Gasteiger partial charge in [0.25, 0.3) is 5.91 Å². The van der Waals surface area contributed by atoms with Crippen LogP contribution in [0.1, 0.15) is 54.3 Å². The van der Waals surface area contributed by atoms with Gasteiger partial charge in [0.2, 0.25) is 5.88 Å². The Morgan fingerprint density at radius 3 is 2.52 bits per heavy atom. The van der Waals surface area contributed by atoms with Crippen molar-refractivity contribution >= 4 is 11.7 Å². The fourth-order valence-corrected chi connectivity index (χ4v) is 4.55. The van der Waals surface area contributed by atoms with E-state index in [0.29, 0.717) is 17.1 Å². The van der Waals surface area contributed by atoms with E-state index in [-0.39, 0.29) is 12.0 Å². The first-order chi connectivity index (χ1) is 14.7. The van der Waals surface area contributed by atoms with Crippen LogP contribution in [0.25, 0.3) is 0 Å². The average Bonchev–Trinajstić information content (AvgIpc) is 2.98. The van der Waals surface area contributed by atoms with E-state index >= 15 is 0 Å². The van der Waals surface area contributed by atoms with Crippen LogP contribution in [0.15, 0.2) is 24.4 Å². The van der Waals surface area contributed by atoms with E-state index < -0.39 is 11.6 Å². The number of fused-ring (bicyclic) bond motifs is 1. The lowest BCUT2D eigenvalue weighted by Crippen LogP contribution is -2.40. The molecule has 1 N–H and O–H groups in total. The topological polar surface area (TPSA) is 88.0 Å². The Kier molecular flexibility index (Phi) is 5.51. The maximum absolute atomic E-state index is 12.7. The van der Waals surface area contributed by atoms with Crippen molar-refractivity contribution in [3.8, 4) is 11.6 Å². The quantitative estimate of drug-likeness (QED) is 0.786. The average molecular weight is 427 g/mol. The third-order valence-corrected chi connectivity index (χ3v) is 6.04. The Morgan fingerprint density at radius 2 is 1.94 bits per heavy atom. The van der Waals surface area contributed by atoms with E-state index in [9.17, 15) is 9.90 Å². The Morgan fingerprint density at radius 1 is 1.23 bits per heavy atom. The van der Waals surface area contributed by atoms with Gasteiger partial charge in [-0.05, 0) is 38.5 Å². The van der Waals surface area contributed by atoms with E-state index in [1.807, 2.05) is 19.1 Å². The van der Waals surface area contributed by atoms with Gasteiger partial charge in [0.15, 0.2) is 0 Å². The highest BCUT2D eigenvalue weighted by Gasteiger charge is 2.44. The molecular formula is C23H30N4O4. The number of methoxy groups -OCH3 is 1. The number of carbonyl (C=O) groups excluding carboxylic acids is 1. The predicted molar refractivity (Wildman–Crippen MR) is 117 cm³/mol. The number of rotatable bonds is 5. The number of anilines is 1. The second-order valence-corrected chi connectivity index (χ2v) is 8.87. The number of ether oxygens (including phenoxy) is 2. The molecule has 0 bridgehead atoms. The normalized spacial score (nSPS) is 19.5. The second kappa shape index (κ2) is 8.00. The summed E-state index contributed by atoms with van der Waals surface area (Å²) >= 11 is 0. The lowest BCUT2D eigenvalue weighted by molar-refractivity contribution is -0.00226. The molecule has 1 amide bonds. The number of likely N-dealkylation sites (N-methyl/N-ethyl adjacent to an activating group) is 1. The van der Waals surface area contributed by atoms with E-state index in [4.69, 9.17) is 14.5 Å². The standard InChI is InChI=1S/C23H30N4O4/c1-14-12-17-19(20(23(2,3)29)26(4)22(17)28)25-21(14)27-10-8-15(9-11-27)31-16-6-7-18(30-5)24-13-16/h6-7,12-13,15,20,29H,8-11H2,1-5H3/t20-/m1/s1. The SMILES string of the molecule is COc1ccc(OC2CCN(c3nc4c(cc3C)C(=O)N(C)[C@H]4C(C)(C)O)CC2)cn1. The van der Waals surface area contributed by atoms with Gasteiger partial charge in [-0.3, -0.25) is 4.79 Å². The molecule has 2 aromatic heterocycles. The van der Waals surface area contributed by atoms with Gasteiger partial charge in [0.1, 0.15) is 23.7 Å². The van der Waals surface area contributed by atoms with Crippen molar-refractivity contribution in [1.29, 1.82) is 0 Å². The van der Waals surface area contributed by atoms with E-state index in [1.54, 1.807) is 45.2 Å². The summed E-state index contributed by atoms with van der Waals surface area (Å²) in [7, 11) is 3.31. The van der Waals surface area contributed by atoms with Crippen LogP contribution in [-0.2, 0) is 0 Å². The predicted octanol–water partition coefficient (Wildman–Crippen LogP) is 2.74. The van der Waals surface area contributed by atoms with Crippen LogP contribution in [0.4, 0.5) is 5.82 Å². The monoisotopic (exact) mass is 426 g/mol. The van der Waals surface area contributed by atoms with Crippen LogP contribution in [0.3, 0.4) is 0 Å². The Labute approximate surface area is 182 Å². The van der Waals surface area contributed by atoms with Gasteiger partial charge in [-0.1, -0.05) is 0 Å². The zero-order valence-electron chi connectivity index (χ0n) is 18.8. The van der Waals surface area contributed by atoms with Crippen molar-refractivity contribution < 1.29 is 19.4 Å². The molecule has 0 radical (unpaired) electrons. The summed E-state index contributed by atoms with van der Waals surface area (Å²) in [5.74, 6) is 2.08. The molecule has 0 aliphatic carbocycles. The number of amides is 1. The molecule has 31 heavy (non-hydrogen) atoms. The molecule has 0 unspecified atom stereocenters. The van der Waals surface area contributed by atoms with Crippen LogP contribution in [-0.4, -0.2) is 64.8 Å². The number of aryl methyl sites for hydroxylation is 1. The molecule has 0 saturated carbocycles. The zero-order valence-corrected chi connectivity index (χ0v) is 18.8. The lowest BCUT2D eigenvalue weighted by Gasteiger charge is -2.35. The van der Waals surface area contributed by atoms with Crippen molar-refractivity contribution in [3.05, 3.63) is 41.2 Å². The molecule has 2 aliphatic rings. The summed E-state index contributed by atoms with van der Waals surface area (Å²) in [6, 6.07) is 5.11. The molecule has 166 valence electrons. The van der Waals surface area contributed by atoms with Gasteiger partial charge in [-0.25, -0.2) is 9.97 Å². The largest absolute Gasteiger partial charge is 0.489 e. The lowest BCUT2D eigenvalue weighted by atomic mass is 9.95. The first kappa shape index (κ1) is 21.4. The van der Waals surface area contributed by atoms with Crippen molar-refractivity contribution in [2.24, 2.45) is 0 Å². The molecule has 2 aliphatic heterocycles. The maximum atomic E-state index is 12.7. The first-order valence-electron chi connectivity index (χ1n) is 10.6. The Hall–Kier alpha value is -2.87. The summed E-state index contributed by atoms with van der Waals surface area (Å²) in [4.78, 5) is 25.6. The molecule has 4 heterocycles. The van der Waals surface area contributed by atoms with Crippen molar-refractivity contribution in [3.63, 3.8) is 0 Å². The molecule has 1 fully saturated rings. The van der Waals surface area contributed by atoms with Crippen LogP contribution in [0.2, 0.25) is 0 Å². The molecule has 1 atom stereocenters. The van der Waals surface area contributed by atoms with E-state index in [0.717, 1.165) is 43.1 Å². The van der Waals surface area contributed by atoms with Gasteiger partial charge in [0, 0.05) is 39.0 Å².